The first-order valence-electron chi connectivity index (χ1n) is 16.3. The number of benzene rings is 2. The van der Waals surface area contributed by atoms with E-state index in [9.17, 15) is 19.5 Å². The molecule has 2 aromatic carbocycles. The van der Waals surface area contributed by atoms with Crippen LogP contribution in [0.25, 0.3) is 0 Å². The molecule has 10 heteroatoms. The van der Waals surface area contributed by atoms with E-state index in [1.807, 2.05) is 42.5 Å². The Balaban J connectivity index is 1.11. The largest absolute Gasteiger partial charge is 0.457 e. The maximum atomic E-state index is 14.1. The summed E-state index contributed by atoms with van der Waals surface area (Å²) in [7, 11) is 1.60. The summed E-state index contributed by atoms with van der Waals surface area (Å²) in [6.45, 7) is 2.29. The van der Waals surface area contributed by atoms with Crippen LogP contribution in [0.3, 0.4) is 0 Å². The number of piperazine rings is 1. The van der Waals surface area contributed by atoms with Gasteiger partial charge in [-0.3, -0.25) is 24.3 Å². The fraction of sp³-hybridized carbons (Fsp3) is 0.444. The zero-order valence-corrected chi connectivity index (χ0v) is 26.4. The lowest BCUT2D eigenvalue weighted by Gasteiger charge is -2.52. The molecular weight excluding hydrogens is 582 g/mol. The van der Waals surface area contributed by atoms with Crippen LogP contribution in [0.1, 0.15) is 73.0 Å². The van der Waals surface area contributed by atoms with Gasteiger partial charge in [0.1, 0.15) is 23.1 Å². The van der Waals surface area contributed by atoms with E-state index in [1.165, 1.54) is 0 Å². The molecule has 3 fully saturated rings. The molecule has 1 saturated carbocycles. The molecule has 46 heavy (non-hydrogen) atoms. The first-order chi connectivity index (χ1) is 22.3. The van der Waals surface area contributed by atoms with Gasteiger partial charge in [-0.2, -0.15) is 0 Å². The van der Waals surface area contributed by atoms with Gasteiger partial charge in [0.2, 0.25) is 11.8 Å². The van der Waals surface area contributed by atoms with Crippen molar-refractivity contribution in [3.8, 4) is 11.5 Å². The standard InChI is InChI=1S/C36H43N5O5/c1-37-32(42)27-10-14-30(15-11-27)46-29-12-8-26(9-13-29)24-40-21-18-36(19-22-40)34(44)39-31(23-35(45)16-4-2-5-17-35)33(43)41(36)25-28-7-3-6-20-38-28/h3,6-15,20,31,45H,2,4-5,16-19,21-25H2,1H3,(H,37,42)(H,39,44)/t31-/m1/s1. The van der Waals surface area contributed by atoms with Crippen LogP contribution in [0.5, 0.6) is 11.5 Å². The highest BCUT2D eigenvalue weighted by molar-refractivity contribution is 6.00. The van der Waals surface area contributed by atoms with Crippen LogP contribution < -0.4 is 15.4 Å². The van der Waals surface area contributed by atoms with E-state index >= 15 is 0 Å². The van der Waals surface area contributed by atoms with Gasteiger partial charge in [-0.1, -0.05) is 37.5 Å². The molecule has 1 spiro atoms. The predicted molar refractivity (Wildman–Crippen MR) is 173 cm³/mol. The average molecular weight is 626 g/mol. The van der Waals surface area contributed by atoms with E-state index < -0.39 is 17.2 Å². The number of aliphatic hydroxyl groups is 1. The monoisotopic (exact) mass is 625 g/mol. The zero-order valence-electron chi connectivity index (χ0n) is 26.4. The maximum Gasteiger partial charge on any atom is 0.251 e. The molecular formula is C36H43N5O5. The maximum absolute atomic E-state index is 14.1. The van der Waals surface area contributed by atoms with E-state index in [2.05, 4.69) is 20.5 Å². The lowest BCUT2D eigenvalue weighted by molar-refractivity contribution is -0.164. The topological polar surface area (TPSA) is 124 Å². The Labute approximate surface area is 270 Å². The molecule has 3 N–H and O–H groups in total. The number of likely N-dealkylation sites (tertiary alicyclic amines) is 1. The number of rotatable bonds is 9. The Bertz CT molecular complexity index is 1510. The van der Waals surface area contributed by atoms with Crippen molar-refractivity contribution < 1.29 is 24.2 Å². The Morgan fingerprint density at radius 1 is 0.935 bits per heavy atom. The minimum atomic E-state index is -0.957. The number of pyridine rings is 1. The number of carbonyl (C=O) groups is 3. The zero-order chi connectivity index (χ0) is 32.1. The summed E-state index contributed by atoms with van der Waals surface area (Å²) in [5.74, 6) is 0.944. The first kappa shape index (κ1) is 31.7. The van der Waals surface area contributed by atoms with E-state index in [4.69, 9.17) is 4.74 Å². The van der Waals surface area contributed by atoms with Gasteiger partial charge < -0.3 is 25.4 Å². The Hall–Kier alpha value is -4.28. The van der Waals surface area contributed by atoms with E-state index in [0.717, 1.165) is 30.5 Å². The number of piperidine rings is 1. The summed E-state index contributed by atoms with van der Waals surface area (Å²) in [4.78, 5) is 48.3. The molecule has 3 heterocycles. The van der Waals surface area contributed by atoms with Gasteiger partial charge in [0.05, 0.1) is 17.8 Å². The van der Waals surface area contributed by atoms with Gasteiger partial charge in [-0.25, -0.2) is 0 Å². The molecule has 2 aliphatic heterocycles. The number of hydrogen-bond acceptors (Lipinski definition) is 7. The van der Waals surface area contributed by atoms with Gasteiger partial charge in [-0.05, 0) is 79.8 Å². The molecule has 242 valence electrons. The molecule has 3 amide bonds. The summed E-state index contributed by atoms with van der Waals surface area (Å²) in [5, 5.41) is 16.9. The Morgan fingerprint density at radius 3 is 2.24 bits per heavy atom. The number of hydrogen-bond donors (Lipinski definition) is 3. The molecule has 3 aliphatic rings. The average Bonchev–Trinajstić information content (AvgIpc) is 3.08. The summed E-state index contributed by atoms with van der Waals surface area (Å²) >= 11 is 0. The SMILES string of the molecule is CNC(=O)c1ccc(Oc2ccc(CN3CCC4(CC3)C(=O)N[C@H](CC3(O)CCCCC3)C(=O)N4Cc3ccccn3)cc2)cc1. The second-order valence-electron chi connectivity index (χ2n) is 12.9. The second kappa shape index (κ2) is 13.6. The Kier molecular flexibility index (Phi) is 9.37. The van der Waals surface area contributed by atoms with Crippen LogP contribution in [0.4, 0.5) is 0 Å². The van der Waals surface area contributed by atoms with Gasteiger partial charge >= 0.3 is 0 Å². The predicted octanol–water partition coefficient (Wildman–Crippen LogP) is 4.18. The van der Waals surface area contributed by atoms with Crippen LogP contribution >= 0.6 is 0 Å². The summed E-state index contributed by atoms with van der Waals surface area (Å²) in [6, 6.07) is 19.8. The van der Waals surface area contributed by atoms with Crippen LogP contribution in [0.15, 0.2) is 72.9 Å². The molecule has 3 aromatic rings. The van der Waals surface area contributed by atoms with Crippen molar-refractivity contribution in [1.29, 1.82) is 0 Å². The van der Waals surface area contributed by atoms with Crippen molar-refractivity contribution in [1.82, 2.24) is 25.4 Å². The van der Waals surface area contributed by atoms with Crippen molar-refractivity contribution in [3.63, 3.8) is 0 Å². The third-order valence-electron chi connectivity index (χ3n) is 9.82. The highest BCUT2D eigenvalue weighted by atomic mass is 16.5. The fourth-order valence-corrected chi connectivity index (χ4v) is 7.15. The second-order valence-corrected chi connectivity index (χ2v) is 12.9. The van der Waals surface area contributed by atoms with E-state index in [1.54, 1.807) is 42.4 Å². The third kappa shape index (κ3) is 6.93. The van der Waals surface area contributed by atoms with Gasteiger partial charge in [0, 0.05) is 44.9 Å². The normalized spacial score (nSPS) is 21.1. The van der Waals surface area contributed by atoms with Crippen molar-refractivity contribution >= 4 is 17.7 Å². The molecule has 0 radical (unpaired) electrons. The minimum Gasteiger partial charge on any atom is -0.457 e. The smallest absolute Gasteiger partial charge is 0.251 e. The van der Waals surface area contributed by atoms with Gasteiger partial charge in [0.15, 0.2) is 0 Å². The van der Waals surface area contributed by atoms with E-state index in [0.29, 0.717) is 62.4 Å². The number of amides is 3. The molecule has 2 saturated heterocycles. The minimum absolute atomic E-state index is 0.128. The van der Waals surface area contributed by atoms with Crippen LogP contribution in [-0.4, -0.2) is 74.9 Å². The number of nitrogens with one attached hydrogen (secondary N) is 2. The molecule has 6 rings (SSSR count). The lowest BCUT2D eigenvalue weighted by Crippen LogP contribution is -2.73. The van der Waals surface area contributed by atoms with Gasteiger partial charge in [-0.15, -0.1) is 0 Å². The number of ether oxygens (including phenoxy) is 1. The van der Waals surface area contributed by atoms with Crippen LogP contribution in [0.2, 0.25) is 0 Å². The van der Waals surface area contributed by atoms with Crippen LogP contribution in [-0.2, 0) is 22.7 Å². The number of carbonyl (C=O) groups excluding carboxylic acids is 3. The highest BCUT2D eigenvalue weighted by Crippen LogP contribution is 2.38. The highest BCUT2D eigenvalue weighted by Gasteiger charge is 2.54. The molecule has 1 aliphatic carbocycles. The molecule has 10 nitrogen and oxygen atoms in total. The lowest BCUT2D eigenvalue weighted by atomic mass is 9.77. The molecule has 1 aromatic heterocycles. The summed E-state index contributed by atoms with van der Waals surface area (Å²) in [5.41, 5.74) is 0.554. The van der Waals surface area contributed by atoms with Crippen molar-refractivity contribution in [3.05, 3.63) is 89.7 Å². The summed E-state index contributed by atoms with van der Waals surface area (Å²) < 4.78 is 5.96. The fourth-order valence-electron chi connectivity index (χ4n) is 7.15. The first-order valence-corrected chi connectivity index (χ1v) is 16.3. The molecule has 1 atom stereocenters. The van der Waals surface area contributed by atoms with Crippen molar-refractivity contribution in [2.24, 2.45) is 0 Å². The van der Waals surface area contributed by atoms with Crippen LogP contribution in [0, 0.1) is 0 Å². The van der Waals surface area contributed by atoms with Gasteiger partial charge in [0.25, 0.3) is 5.91 Å². The quantitative estimate of drug-likeness (QED) is 0.326. The Morgan fingerprint density at radius 2 is 1.61 bits per heavy atom. The number of aromatic nitrogens is 1. The third-order valence-corrected chi connectivity index (χ3v) is 9.82. The van der Waals surface area contributed by atoms with Crippen molar-refractivity contribution in [2.75, 3.05) is 20.1 Å². The number of nitrogens with zero attached hydrogens (tertiary/aromatic N) is 3. The molecule has 0 bridgehead atoms. The summed E-state index contributed by atoms with van der Waals surface area (Å²) in [6.07, 6.45) is 7.27. The molecule has 0 unspecified atom stereocenters. The van der Waals surface area contributed by atoms with Crippen molar-refractivity contribution in [2.45, 2.75) is 81.6 Å². The van der Waals surface area contributed by atoms with E-state index in [-0.39, 0.29) is 30.7 Å².